The Labute approximate surface area is 228 Å². The molecule has 0 aliphatic carbocycles. The summed E-state index contributed by atoms with van der Waals surface area (Å²) in [7, 11) is 0. The molecule has 200 valence electrons. The monoisotopic (exact) mass is 511 g/mol. The average molecular weight is 512 g/mol. The van der Waals surface area contributed by atoms with Gasteiger partial charge >= 0.3 is 5.97 Å². The molecule has 0 aliphatic rings. The fourth-order valence-corrected chi connectivity index (χ4v) is 4.52. The van der Waals surface area contributed by atoms with Crippen molar-refractivity contribution in [3.8, 4) is 23.2 Å². The Hall–Kier alpha value is -3.52. The molecule has 38 heavy (non-hydrogen) atoms. The largest absolute Gasteiger partial charge is 0.423 e. The summed E-state index contributed by atoms with van der Waals surface area (Å²) in [6.45, 7) is 4.42. The summed E-state index contributed by atoms with van der Waals surface area (Å²) < 4.78 is 5.56. The maximum absolute atomic E-state index is 12.7. The number of esters is 1. The van der Waals surface area contributed by atoms with E-state index in [1.165, 1.54) is 57.8 Å². The number of nitriles is 1. The molecule has 1 aromatic heterocycles. The molecule has 0 spiro atoms. The average Bonchev–Trinajstić information content (AvgIpc) is 2.95. The third kappa shape index (κ3) is 9.41. The predicted molar refractivity (Wildman–Crippen MR) is 153 cm³/mol. The molecule has 5 heteroatoms. The Morgan fingerprint density at radius 3 is 2.05 bits per heavy atom. The van der Waals surface area contributed by atoms with E-state index in [4.69, 9.17) is 4.74 Å². The van der Waals surface area contributed by atoms with Crippen LogP contribution >= 0.6 is 0 Å². The molecule has 2 aromatic carbocycles. The van der Waals surface area contributed by atoms with Crippen LogP contribution in [0.1, 0.15) is 112 Å². The highest BCUT2D eigenvalue weighted by molar-refractivity contribution is 5.91. The van der Waals surface area contributed by atoms with Gasteiger partial charge in [-0.2, -0.15) is 5.26 Å². The zero-order valence-electron chi connectivity index (χ0n) is 23.0. The first-order valence-corrected chi connectivity index (χ1v) is 14.3. The van der Waals surface area contributed by atoms with E-state index in [9.17, 15) is 10.1 Å². The lowest BCUT2D eigenvalue weighted by atomic mass is 9.99. The molecular weight excluding hydrogens is 470 g/mol. The summed E-state index contributed by atoms with van der Waals surface area (Å²) in [5.74, 6) is 0.619. The normalized spacial score (nSPS) is 10.8. The molecule has 0 amide bonds. The third-order valence-corrected chi connectivity index (χ3v) is 6.86. The lowest BCUT2D eigenvalue weighted by Crippen LogP contribution is -2.09. The van der Waals surface area contributed by atoms with E-state index < -0.39 is 5.97 Å². The van der Waals surface area contributed by atoms with Gasteiger partial charge in [-0.25, -0.2) is 14.8 Å². The van der Waals surface area contributed by atoms with Crippen molar-refractivity contribution >= 4 is 5.97 Å². The fourth-order valence-electron chi connectivity index (χ4n) is 4.52. The second-order valence-electron chi connectivity index (χ2n) is 9.99. The molecule has 0 radical (unpaired) electrons. The van der Waals surface area contributed by atoms with E-state index in [1.54, 1.807) is 24.3 Å². The van der Waals surface area contributed by atoms with Gasteiger partial charge in [0.15, 0.2) is 5.82 Å². The standard InChI is InChI=1S/C33H41N3O2/c1-3-5-7-9-10-11-12-14-26-24-35-32(36-25-26)28-18-20-31(21-19-28)38-33(37)29-17-16-27(30(22-29)23-34)15-13-8-6-4-2/h16-22,24-25H,3-15H2,1-2H3. The topological polar surface area (TPSA) is 75.9 Å². The van der Waals surface area contributed by atoms with Crippen molar-refractivity contribution in [3.05, 3.63) is 77.1 Å². The number of aryl methyl sites for hydroxylation is 2. The van der Waals surface area contributed by atoms with Gasteiger partial charge in [0.25, 0.3) is 0 Å². The van der Waals surface area contributed by atoms with E-state index in [-0.39, 0.29) is 0 Å². The molecule has 0 saturated carbocycles. The second-order valence-corrected chi connectivity index (χ2v) is 9.99. The summed E-state index contributed by atoms with van der Waals surface area (Å²) in [4.78, 5) is 21.8. The van der Waals surface area contributed by atoms with Crippen molar-refractivity contribution < 1.29 is 9.53 Å². The highest BCUT2D eigenvalue weighted by atomic mass is 16.5. The first-order valence-electron chi connectivity index (χ1n) is 14.3. The SMILES string of the molecule is CCCCCCCCCc1cnc(-c2ccc(OC(=O)c3ccc(CCCCCC)c(C#N)c3)cc2)nc1. The molecule has 0 atom stereocenters. The highest BCUT2D eigenvalue weighted by Gasteiger charge is 2.13. The van der Waals surface area contributed by atoms with Gasteiger partial charge in [0, 0.05) is 18.0 Å². The molecule has 0 fully saturated rings. The zero-order valence-corrected chi connectivity index (χ0v) is 23.0. The number of unbranched alkanes of at least 4 members (excludes halogenated alkanes) is 9. The zero-order chi connectivity index (χ0) is 27.0. The quantitative estimate of drug-likeness (QED) is 0.109. The molecule has 0 bridgehead atoms. The number of carbonyl (C=O) groups is 1. The van der Waals surface area contributed by atoms with Crippen molar-refractivity contribution in [2.24, 2.45) is 0 Å². The van der Waals surface area contributed by atoms with Crippen molar-refractivity contribution in [1.82, 2.24) is 9.97 Å². The minimum absolute atomic E-state index is 0.378. The minimum Gasteiger partial charge on any atom is -0.423 e. The smallest absolute Gasteiger partial charge is 0.343 e. The molecule has 3 aromatic rings. The van der Waals surface area contributed by atoms with Crippen molar-refractivity contribution in [1.29, 1.82) is 5.26 Å². The summed E-state index contributed by atoms with van der Waals surface area (Å²) in [6.07, 6.45) is 19.3. The van der Waals surface area contributed by atoms with E-state index in [2.05, 4.69) is 29.9 Å². The van der Waals surface area contributed by atoms with Crippen LogP contribution in [0.3, 0.4) is 0 Å². The fraction of sp³-hybridized carbons (Fsp3) is 0.455. The Morgan fingerprint density at radius 1 is 0.789 bits per heavy atom. The van der Waals surface area contributed by atoms with E-state index >= 15 is 0 Å². The van der Waals surface area contributed by atoms with Crippen molar-refractivity contribution in [3.63, 3.8) is 0 Å². The lowest BCUT2D eigenvalue weighted by molar-refractivity contribution is 0.0734. The first-order chi connectivity index (χ1) is 18.6. The van der Waals surface area contributed by atoms with E-state index in [0.717, 1.165) is 42.4 Å². The maximum Gasteiger partial charge on any atom is 0.343 e. The van der Waals surface area contributed by atoms with Crippen LogP contribution < -0.4 is 4.74 Å². The van der Waals surface area contributed by atoms with Crippen LogP contribution in [0.4, 0.5) is 0 Å². The van der Waals surface area contributed by atoms with Crippen LogP contribution in [0.2, 0.25) is 0 Å². The van der Waals surface area contributed by atoms with Crippen LogP contribution in [0.5, 0.6) is 5.75 Å². The number of aromatic nitrogens is 2. The lowest BCUT2D eigenvalue weighted by Gasteiger charge is -2.08. The summed E-state index contributed by atoms with van der Waals surface area (Å²) in [6, 6.07) is 14.7. The number of nitrogens with zero attached hydrogens (tertiary/aromatic N) is 3. The van der Waals surface area contributed by atoms with Crippen LogP contribution in [-0.4, -0.2) is 15.9 Å². The molecule has 0 unspecified atom stereocenters. The minimum atomic E-state index is -0.474. The highest BCUT2D eigenvalue weighted by Crippen LogP contribution is 2.22. The molecular formula is C33H41N3O2. The number of hydrogen-bond acceptors (Lipinski definition) is 5. The van der Waals surface area contributed by atoms with Gasteiger partial charge in [-0.15, -0.1) is 0 Å². The molecule has 0 N–H and O–H groups in total. The molecule has 3 rings (SSSR count). The van der Waals surface area contributed by atoms with Gasteiger partial charge in [0.2, 0.25) is 0 Å². The third-order valence-electron chi connectivity index (χ3n) is 6.86. The Kier molecular flexibility index (Phi) is 12.5. The molecule has 1 heterocycles. The van der Waals surface area contributed by atoms with Gasteiger partial charge in [0.1, 0.15) is 5.75 Å². The number of rotatable bonds is 16. The van der Waals surface area contributed by atoms with Gasteiger partial charge in [0.05, 0.1) is 17.2 Å². The number of ether oxygens (including phenoxy) is 1. The van der Waals surface area contributed by atoms with Crippen LogP contribution in [0.25, 0.3) is 11.4 Å². The van der Waals surface area contributed by atoms with Crippen LogP contribution in [0, 0.1) is 11.3 Å². The van der Waals surface area contributed by atoms with E-state index in [0.29, 0.717) is 22.7 Å². The molecule has 5 nitrogen and oxygen atoms in total. The van der Waals surface area contributed by atoms with E-state index in [1.807, 2.05) is 30.6 Å². The number of benzene rings is 2. The number of carbonyl (C=O) groups excluding carboxylic acids is 1. The van der Waals surface area contributed by atoms with Gasteiger partial charge in [-0.1, -0.05) is 77.7 Å². The van der Waals surface area contributed by atoms with Gasteiger partial charge in [-0.3, -0.25) is 0 Å². The molecule has 0 aliphatic heterocycles. The summed E-state index contributed by atoms with van der Waals surface area (Å²) >= 11 is 0. The van der Waals surface area contributed by atoms with Crippen molar-refractivity contribution in [2.45, 2.75) is 97.3 Å². The van der Waals surface area contributed by atoms with Gasteiger partial charge < -0.3 is 4.74 Å². The Balaban J connectivity index is 1.50. The number of hydrogen-bond donors (Lipinski definition) is 0. The summed E-state index contributed by atoms with van der Waals surface area (Å²) in [5.41, 5.74) is 3.93. The van der Waals surface area contributed by atoms with Crippen molar-refractivity contribution in [2.75, 3.05) is 0 Å². The van der Waals surface area contributed by atoms with Gasteiger partial charge in [-0.05, 0) is 73.2 Å². The maximum atomic E-state index is 12.7. The van der Waals surface area contributed by atoms with Crippen LogP contribution in [-0.2, 0) is 12.8 Å². The predicted octanol–water partition coefficient (Wildman–Crippen LogP) is 8.65. The second kappa shape index (κ2) is 16.3. The first kappa shape index (κ1) is 29.0. The molecule has 0 saturated heterocycles. The Bertz CT molecular complexity index is 1160. The summed E-state index contributed by atoms with van der Waals surface area (Å²) in [5, 5.41) is 9.55. The Morgan fingerprint density at radius 2 is 1.39 bits per heavy atom. The van der Waals surface area contributed by atoms with Crippen LogP contribution in [0.15, 0.2) is 54.9 Å².